The van der Waals surface area contributed by atoms with E-state index in [0.29, 0.717) is 17.7 Å². The zero-order valence-corrected chi connectivity index (χ0v) is 28.1. The molecule has 0 unspecified atom stereocenters. The number of benzene rings is 3. The second kappa shape index (κ2) is 13.7. The first-order valence-electron chi connectivity index (χ1n) is 17.1. The van der Waals surface area contributed by atoms with Crippen LogP contribution in [-0.2, 0) is 28.7 Å². The van der Waals surface area contributed by atoms with E-state index in [1.54, 1.807) is 17.1 Å². The molecular formula is C40H41N3O7. The van der Waals surface area contributed by atoms with Crippen LogP contribution < -0.4 is 10.2 Å². The lowest BCUT2D eigenvalue weighted by Crippen LogP contribution is -2.57. The molecule has 10 heteroatoms. The number of cyclic esters (lactones) is 1. The topological polar surface area (TPSA) is 125 Å². The predicted molar refractivity (Wildman–Crippen MR) is 186 cm³/mol. The van der Waals surface area contributed by atoms with E-state index in [9.17, 15) is 19.5 Å². The SMILES string of the molecule is Cc1ccc(C)c(N2C/C=C\CCC(=O)OC[C@@H](c3ccccc3)NC(=O)[C@@H]3[C@@H]4C=C[C@]5(O4)[C@H](C2=O)N([C@H](CO)c2ccccc2)C(=O)[C@@H]35)c1. The maximum absolute atomic E-state index is 15.3. The maximum Gasteiger partial charge on any atom is 0.306 e. The van der Waals surface area contributed by atoms with Crippen molar-refractivity contribution < 1.29 is 33.8 Å². The molecule has 2 fully saturated rings. The fraction of sp³-hybridized carbons (Fsp3) is 0.350. The molecule has 0 aliphatic carbocycles. The lowest BCUT2D eigenvalue weighted by molar-refractivity contribution is -0.146. The van der Waals surface area contributed by atoms with Gasteiger partial charge < -0.3 is 29.7 Å². The first-order chi connectivity index (χ1) is 24.2. The summed E-state index contributed by atoms with van der Waals surface area (Å²) in [4.78, 5) is 60.5. The van der Waals surface area contributed by atoms with Crippen molar-refractivity contribution in [3.05, 3.63) is 125 Å². The molecule has 258 valence electrons. The summed E-state index contributed by atoms with van der Waals surface area (Å²) in [5.74, 6) is -3.73. The molecule has 0 aromatic heterocycles. The molecule has 2 saturated heterocycles. The molecule has 3 aromatic carbocycles. The monoisotopic (exact) mass is 675 g/mol. The van der Waals surface area contributed by atoms with Crippen LogP contribution >= 0.6 is 0 Å². The van der Waals surface area contributed by atoms with Gasteiger partial charge in [0.15, 0.2) is 0 Å². The Hall–Kier alpha value is -5.06. The highest BCUT2D eigenvalue weighted by atomic mass is 16.5. The van der Waals surface area contributed by atoms with Gasteiger partial charge in [-0.15, -0.1) is 0 Å². The average molecular weight is 676 g/mol. The maximum atomic E-state index is 15.3. The van der Waals surface area contributed by atoms with Crippen molar-refractivity contribution in [3.8, 4) is 0 Å². The summed E-state index contributed by atoms with van der Waals surface area (Å²) in [6, 6.07) is 21.4. The number of nitrogens with one attached hydrogen (secondary N) is 1. The smallest absolute Gasteiger partial charge is 0.306 e. The summed E-state index contributed by atoms with van der Waals surface area (Å²) >= 11 is 0. The molecule has 50 heavy (non-hydrogen) atoms. The summed E-state index contributed by atoms with van der Waals surface area (Å²) in [7, 11) is 0. The van der Waals surface area contributed by atoms with Gasteiger partial charge in [-0.25, -0.2) is 0 Å². The normalized spacial score (nSPS) is 29.5. The first-order valence-corrected chi connectivity index (χ1v) is 17.1. The molecule has 0 radical (unpaired) electrons. The lowest BCUT2D eigenvalue weighted by atomic mass is 9.74. The van der Waals surface area contributed by atoms with E-state index in [2.05, 4.69) is 5.32 Å². The molecule has 4 aliphatic rings. The third kappa shape index (κ3) is 5.82. The Morgan fingerprint density at radius 1 is 0.940 bits per heavy atom. The first kappa shape index (κ1) is 33.4. The number of amides is 3. The van der Waals surface area contributed by atoms with Crippen LogP contribution in [0.4, 0.5) is 5.69 Å². The minimum atomic E-state index is -1.47. The van der Waals surface area contributed by atoms with E-state index in [1.807, 2.05) is 105 Å². The lowest BCUT2D eigenvalue weighted by Gasteiger charge is -2.39. The third-order valence-electron chi connectivity index (χ3n) is 10.4. The van der Waals surface area contributed by atoms with Crippen LogP contribution in [0.3, 0.4) is 0 Å². The van der Waals surface area contributed by atoms with E-state index in [-0.39, 0.29) is 19.6 Å². The highest BCUT2D eigenvalue weighted by molar-refractivity contribution is 6.06. The summed E-state index contributed by atoms with van der Waals surface area (Å²) in [5, 5.41) is 13.9. The van der Waals surface area contributed by atoms with Gasteiger partial charge in [0.25, 0.3) is 5.91 Å². The van der Waals surface area contributed by atoms with Crippen molar-refractivity contribution in [2.75, 3.05) is 24.7 Å². The highest BCUT2D eigenvalue weighted by Gasteiger charge is 2.74. The number of aliphatic hydroxyl groups is 1. The van der Waals surface area contributed by atoms with Gasteiger partial charge in [0.2, 0.25) is 11.8 Å². The molecule has 3 aromatic rings. The number of nitrogens with zero attached hydrogens (tertiary/aromatic N) is 2. The Morgan fingerprint density at radius 3 is 2.42 bits per heavy atom. The van der Waals surface area contributed by atoms with Crippen molar-refractivity contribution in [1.29, 1.82) is 0 Å². The van der Waals surface area contributed by atoms with Crippen molar-refractivity contribution in [3.63, 3.8) is 0 Å². The van der Waals surface area contributed by atoms with E-state index >= 15 is 4.79 Å². The number of likely N-dealkylation sites (tertiary alicyclic amines) is 1. The zero-order chi connectivity index (χ0) is 35.0. The van der Waals surface area contributed by atoms with Crippen molar-refractivity contribution in [2.45, 2.75) is 56.5 Å². The fourth-order valence-electron chi connectivity index (χ4n) is 7.94. The van der Waals surface area contributed by atoms with Crippen LogP contribution in [0.15, 0.2) is 103 Å². The van der Waals surface area contributed by atoms with E-state index < -0.39 is 72.0 Å². The quantitative estimate of drug-likeness (QED) is 0.306. The summed E-state index contributed by atoms with van der Waals surface area (Å²) in [5.41, 5.74) is 2.40. The number of carbonyl (C=O) groups is 4. The molecule has 1 spiro atoms. The van der Waals surface area contributed by atoms with Crippen LogP contribution in [0, 0.1) is 25.7 Å². The van der Waals surface area contributed by atoms with Crippen LogP contribution in [0.25, 0.3) is 0 Å². The number of anilines is 1. The molecule has 7 rings (SSSR count). The fourth-order valence-corrected chi connectivity index (χ4v) is 7.94. The number of esters is 1. The minimum Gasteiger partial charge on any atom is -0.463 e. The van der Waals surface area contributed by atoms with Gasteiger partial charge in [0, 0.05) is 18.7 Å². The van der Waals surface area contributed by atoms with Crippen molar-refractivity contribution in [2.24, 2.45) is 11.8 Å². The molecule has 3 amide bonds. The molecule has 7 atom stereocenters. The van der Waals surface area contributed by atoms with Crippen LogP contribution in [0.1, 0.15) is 47.2 Å². The number of hydrogen-bond acceptors (Lipinski definition) is 7. The van der Waals surface area contributed by atoms with Crippen LogP contribution in [0.5, 0.6) is 0 Å². The van der Waals surface area contributed by atoms with Gasteiger partial charge in [0.05, 0.1) is 36.6 Å². The Morgan fingerprint density at radius 2 is 1.68 bits per heavy atom. The Labute approximate surface area is 291 Å². The second-order valence-electron chi connectivity index (χ2n) is 13.5. The van der Waals surface area contributed by atoms with Crippen molar-refractivity contribution >= 4 is 29.4 Å². The van der Waals surface area contributed by atoms with Gasteiger partial charge in [-0.1, -0.05) is 97.1 Å². The number of rotatable bonds is 5. The number of allylic oxidation sites excluding steroid dienone is 1. The molecule has 5 bridgehead atoms. The second-order valence-corrected chi connectivity index (χ2v) is 13.5. The summed E-state index contributed by atoms with van der Waals surface area (Å²) < 4.78 is 12.3. The Balaban J connectivity index is 1.37. The van der Waals surface area contributed by atoms with Gasteiger partial charge in [0.1, 0.15) is 18.2 Å². The third-order valence-corrected chi connectivity index (χ3v) is 10.4. The van der Waals surface area contributed by atoms with Gasteiger partial charge >= 0.3 is 5.97 Å². The number of ether oxygens (including phenoxy) is 2. The number of fused-ring (bicyclic) bond motifs is 2. The van der Waals surface area contributed by atoms with Gasteiger partial charge in [-0.05, 0) is 48.6 Å². The molecule has 2 N–H and O–H groups in total. The Kier molecular flexibility index (Phi) is 9.15. The number of aliphatic hydroxyl groups excluding tert-OH is 1. The summed E-state index contributed by atoms with van der Waals surface area (Å²) in [6.07, 6.45) is 6.95. The molecule has 10 nitrogen and oxygen atoms in total. The van der Waals surface area contributed by atoms with Crippen molar-refractivity contribution in [1.82, 2.24) is 10.2 Å². The van der Waals surface area contributed by atoms with Crippen LogP contribution in [0.2, 0.25) is 0 Å². The van der Waals surface area contributed by atoms with Gasteiger partial charge in [-0.2, -0.15) is 0 Å². The minimum absolute atomic E-state index is 0.0929. The summed E-state index contributed by atoms with van der Waals surface area (Å²) in [6.45, 7) is 3.48. The Bertz CT molecular complexity index is 1840. The number of hydrogen-bond donors (Lipinski definition) is 2. The highest BCUT2D eigenvalue weighted by Crippen LogP contribution is 2.57. The average Bonchev–Trinajstić information content (AvgIpc) is 3.77. The standard InChI is InChI=1S/C40H41N3O7/c1-25-17-18-26(2)30(22-25)42-21-11-5-10-16-33(45)49-24-29(27-12-6-3-7-13-27)41-37(46)34-32-19-20-40(50-32)35(34)38(47)43(36(40)39(42)48)31(23-44)28-14-8-4-9-15-28/h3-9,11-15,17-20,22,29,31-32,34-36,44H,10,16,21,23-24H2,1-2H3,(H,41,46)/b11-5-/t29-,31+,32-,34+,35+,36-,40+/m0/s1. The molecule has 4 heterocycles. The molecule has 4 aliphatic heterocycles. The van der Waals surface area contributed by atoms with Gasteiger partial charge in [-0.3, -0.25) is 19.2 Å². The van der Waals surface area contributed by atoms with E-state index in [4.69, 9.17) is 9.47 Å². The molecular weight excluding hydrogens is 634 g/mol. The van der Waals surface area contributed by atoms with E-state index in [1.165, 1.54) is 4.90 Å². The van der Waals surface area contributed by atoms with Crippen LogP contribution in [-0.4, -0.2) is 71.2 Å². The predicted octanol–water partition coefficient (Wildman–Crippen LogP) is 4.27. The van der Waals surface area contributed by atoms with E-state index in [0.717, 1.165) is 16.7 Å². The largest absolute Gasteiger partial charge is 0.463 e. The zero-order valence-electron chi connectivity index (χ0n) is 28.1. The molecule has 0 saturated carbocycles. The number of aryl methyl sites for hydroxylation is 2. The number of carbonyl (C=O) groups excluding carboxylic acids is 4.